The highest BCUT2D eigenvalue weighted by Gasteiger charge is 2.13. The van der Waals surface area contributed by atoms with Crippen LogP contribution in [0.2, 0.25) is 0 Å². The molecule has 7 nitrogen and oxygen atoms in total. The maximum absolute atomic E-state index is 12.1. The number of hydrogen-bond acceptors (Lipinski definition) is 5. The molecule has 2 aromatic carbocycles. The Morgan fingerprint density at radius 2 is 1.58 bits per heavy atom. The topological polar surface area (TPSA) is 78.1 Å². The van der Waals surface area contributed by atoms with Gasteiger partial charge in [0, 0.05) is 12.2 Å². The van der Waals surface area contributed by atoms with E-state index in [0.717, 1.165) is 11.3 Å². The van der Waals surface area contributed by atoms with Crippen LogP contribution in [0.1, 0.15) is 12.5 Å². The molecule has 0 aliphatic rings. The van der Waals surface area contributed by atoms with Gasteiger partial charge in [-0.3, -0.25) is 0 Å². The highest BCUT2D eigenvalue weighted by Crippen LogP contribution is 2.38. The summed E-state index contributed by atoms with van der Waals surface area (Å²) in [6.45, 7) is 2.82. The van der Waals surface area contributed by atoms with Gasteiger partial charge in [-0.2, -0.15) is 0 Å². The lowest BCUT2D eigenvalue weighted by atomic mass is 10.2. The predicted octanol–water partition coefficient (Wildman–Crippen LogP) is 3.43. The Balaban J connectivity index is 1.98. The molecule has 2 rings (SSSR count). The molecule has 0 unspecified atom stereocenters. The van der Waals surface area contributed by atoms with Gasteiger partial charge in [-0.1, -0.05) is 0 Å². The number of carbonyl (C=O) groups excluding carboxylic acids is 1. The summed E-state index contributed by atoms with van der Waals surface area (Å²) in [5, 5.41) is 5.56. The lowest BCUT2D eigenvalue weighted by molar-refractivity contribution is 0.251. The van der Waals surface area contributed by atoms with Gasteiger partial charge in [0.2, 0.25) is 5.75 Å². The summed E-state index contributed by atoms with van der Waals surface area (Å²) in [5.41, 5.74) is 1.50. The van der Waals surface area contributed by atoms with E-state index in [1.165, 1.54) is 0 Å². The highest BCUT2D eigenvalue weighted by atomic mass is 16.5. The van der Waals surface area contributed by atoms with Crippen LogP contribution in [0.3, 0.4) is 0 Å². The third kappa shape index (κ3) is 4.95. The van der Waals surface area contributed by atoms with Gasteiger partial charge in [0.15, 0.2) is 11.5 Å². The Bertz CT molecular complexity index is 706. The summed E-state index contributed by atoms with van der Waals surface area (Å²) in [7, 11) is 4.64. The molecule has 0 saturated carbocycles. The molecule has 0 spiro atoms. The fourth-order valence-electron chi connectivity index (χ4n) is 2.40. The molecule has 0 aromatic heterocycles. The van der Waals surface area contributed by atoms with Crippen LogP contribution in [-0.4, -0.2) is 34.0 Å². The molecule has 0 atom stereocenters. The molecule has 0 saturated heterocycles. The van der Waals surface area contributed by atoms with E-state index in [-0.39, 0.29) is 6.03 Å². The summed E-state index contributed by atoms with van der Waals surface area (Å²) in [4.78, 5) is 12.1. The zero-order valence-corrected chi connectivity index (χ0v) is 15.4. The van der Waals surface area contributed by atoms with Crippen molar-refractivity contribution in [3.8, 4) is 23.0 Å². The van der Waals surface area contributed by atoms with Crippen LogP contribution in [0.15, 0.2) is 36.4 Å². The Hall–Kier alpha value is -3.09. The molecule has 2 amide bonds. The molecule has 0 aliphatic heterocycles. The fraction of sp³-hybridized carbons (Fsp3) is 0.316. The number of amides is 2. The van der Waals surface area contributed by atoms with Crippen molar-refractivity contribution >= 4 is 11.7 Å². The molecule has 2 N–H and O–H groups in total. The summed E-state index contributed by atoms with van der Waals surface area (Å²) in [6.07, 6.45) is 0. The molecular weight excluding hydrogens is 336 g/mol. The molecule has 0 heterocycles. The maximum Gasteiger partial charge on any atom is 0.319 e. The third-order valence-corrected chi connectivity index (χ3v) is 3.60. The summed E-state index contributed by atoms with van der Waals surface area (Å²) in [6, 6.07) is 10.4. The Labute approximate surface area is 153 Å². The minimum absolute atomic E-state index is 0.305. The fourth-order valence-corrected chi connectivity index (χ4v) is 2.40. The first kappa shape index (κ1) is 19.2. The number of ether oxygens (including phenoxy) is 4. The lowest BCUT2D eigenvalue weighted by Crippen LogP contribution is -2.28. The number of rotatable bonds is 8. The largest absolute Gasteiger partial charge is 0.494 e. The predicted molar refractivity (Wildman–Crippen MR) is 99.6 cm³/mol. The van der Waals surface area contributed by atoms with E-state index >= 15 is 0 Å². The molecular formula is C19H24N2O5. The Morgan fingerprint density at radius 3 is 2.08 bits per heavy atom. The number of nitrogens with one attached hydrogen (secondary N) is 2. The minimum atomic E-state index is -0.317. The van der Waals surface area contributed by atoms with Gasteiger partial charge in [0.25, 0.3) is 0 Å². The molecule has 0 aliphatic carbocycles. The molecule has 0 fully saturated rings. The van der Waals surface area contributed by atoms with E-state index in [4.69, 9.17) is 18.9 Å². The quantitative estimate of drug-likeness (QED) is 0.754. The second-order valence-electron chi connectivity index (χ2n) is 5.30. The minimum Gasteiger partial charge on any atom is -0.494 e. The van der Waals surface area contributed by atoms with Crippen molar-refractivity contribution in [1.82, 2.24) is 5.32 Å². The Morgan fingerprint density at radius 1 is 0.962 bits per heavy atom. The number of anilines is 1. The number of urea groups is 1. The van der Waals surface area contributed by atoms with Gasteiger partial charge in [-0.05, 0) is 48.9 Å². The van der Waals surface area contributed by atoms with E-state index in [2.05, 4.69) is 10.6 Å². The molecule has 2 aromatic rings. The molecule has 26 heavy (non-hydrogen) atoms. The van der Waals surface area contributed by atoms with Crippen LogP contribution in [0, 0.1) is 0 Å². The smallest absolute Gasteiger partial charge is 0.319 e. The van der Waals surface area contributed by atoms with Crippen molar-refractivity contribution in [3.05, 3.63) is 42.0 Å². The number of carbonyl (C=O) groups is 1. The van der Waals surface area contributed by atoms with Crippen molar-refractivity contribution in [2.45, 2.75) is 13.5 Å². The third-order valence-electron chi connectivity index (χ3n) is 3.60. The van der Waals surface area contributed by atoms with E-state index in [1.54, 1.807) is 57.7 Å². The van der Waals surface area contributed by atoms with Crippen LogP contribution in [0.25, 0.3) is 0 Å². The van der Waals surface area contributed by atoms with E-state index in [0.29, 0.717) is 36.1 Å². The monoisotopic (exact) mass is 360 g/mol. The second kappa shape index (κ2) is 9.41. The van der Waals surface area contributed by atoms with Crippen LogP contribution < -0.4 is 29.6 Å². The number of methoxy groups -OCH3 is 3. The first-order chi connectivity index (χ1) is 12.6. The zero-order valence-electron chi connectivity index (χ0n) is 15.4. The van der Waals surface area contributed by atoms with E-state index in [9.17, 15) is 4.79 Å². The summed E-state index contributed by atoms with van der Waals surface area (Å²) >= 11 is 0. The normalized spacial score (nSPS) is 10.0. The molecule has 7 heteroatoms. The Kier molecular flexibility index (Phi) is 6.96. The number of benzene rings is 2. The van der Waals surface area contributed by atoms with Crippen molar-refractivity contribution in [3.63, 3.8) is 0 Å². The summed E-state index contributed by atoms with van der Waals surface area (Å²) < 4.78 is 21.3. The van der Waals surface area contributed by atoms with Crippen molar-refractivity contribution in [2.75, 3.05) is 33.3 Å². The lowest BCUT2D eigenvalue weighted by Gasteiger charge is -2.14. The SMILES string of the molecule is CCOc1ccc(NC(=O)NCc2cc(OC)c(OC)c(OC)c2)cc1. The van der Waals surface area contributed by atoms with E-state index < -0.39 is 0 Å². The number of hydrogen-bond donors (Lipinski definition) is 2. The first-order valence-corrected chi connectivity index (χ1v) is 8.17. The van der Waals surface area contributed by atoms with E-state index in [1.807, 2.05) is 6.92 Å². The van der Waals surface area contributed by atoms with Gasteiger partial charge in [-0.25, -0.2) is 4.79 Å². The zero-order chi connectivity index (χ0) is 18.9. The van der Waals surface area contributed by atoms with Crippen LogP contribution in [-0.2, 0) is 6.54 Å². The van der Waals surface area contributed by atoms with Gasteiger partial charge >= 0.3 is 6.03 Å². The van der Waals surface area contributed by atoms with Crippen LogP contribution >= 0.6 is 0 Å². The maximum atomic E-state index is 12.1. The standard InChI is InChI=1S/C19H24N2O5/c1-5-26-15-8-6-14(7-9-15)21-19(22)20-12-13-10-16(23-2)18(25-4)17(11-13)24-3/h6-11H,5,12H2,1-4H3,(H2,20,21,22). The molecule has 140 valence electrons. The van der Waals surface area contributed by atoms with Crippen LogP contribution in [0.5, 0.6) is 23.0 Å². The summed E-state index contributed by atoms with van der Waals surface area (Å²) in [5.74, 6) is 2.35. The van der Waals surface area contributed by atoms with Crippen LogP contribution in [0.4, 0.5) is 10.5 Å². The van der Waals surface area contributed by atoms with Crippen molar-refractivity contribution < 1.29 is 23.7 Å². The van der Waals surface area contributed by atoms with Gasteiger partial charge in [-0.15, -0.1) is 0 Å². The van der Waals surface area contributed by atoms with Gasteiger partial charge in [0.05, 0.1) is 27.9 Å². The average molecular weight is 360 g/mol. The highest BCUT2D eigenvalue weighted by molar-refractivity contribution is 5.89. The first-order valence-electron chi connectivity index (χ1n) is 8.17. The van der Waals surface area contributed by atoms with Crippen molar-refractivity contribution in [2.24, 2.45) is 0 Å². The van der Waals surface area contributed by atoms with Gasteiger partial charge < -0.3 is 29.6 Å². The molecule has 0 radical (unpaired) electrons. The second-order valence-corrected chi connectivity index (χ2v) is 5.30. The average Bonchev–Trinajstić information content (AvgIpc) is 2.67. The van der Waals surface area contributed by atoms with Crippen molar-refractivity contribution in [1.29, 1.82) is 0 Å². The van der Waals surface area contributed by atoms with Gasteiger partial charge in [0.1, 0.15) is 5.75 Å². The molecule has 0 bridgehead atoms.